The molecule has 0 unspecified atom stereocenters. The smallest absolute Gasteiger partial charge is 0.241 e. The molecular weight excluding hydrogens is 242 g/mol. The number of benzene rings is 1. The Labute approximate surface area is 111 Å². The fourth-order valence-corrected chi connectivity index (χ4v) is 2.42. The number of amides is 1. The minimum Gasteiger partial charge on any atom is -0.441 e. The highest BCUT2D eigenvalue weighted by atomic mass is 16.3. The fourth-order valence-electron chi connectivity index (χ4n) is 2.42. The number of piperidine rings is 1. The summed E-state index contributed by atoms with van der Waals surface area (Å²) in [6, 6.07) is 5.44. The van der Waals surface area contributed by atoms with Gasteiger partial charge in [-0.15, -0.1) is 0 Å². The van der Waals surface area contributed by atoms with Crippen molar-refractivity contribution in [3.8, 4) is 0 Å². The van der Waals surface area contributed by atoms with Crippen molar-refractivity contribution in [1.29, 1.82) is 0 Å². The summed E-state index contributed by atoms with van der Waals surface area (Å²) in [5, 5.41) is 6.16. The van der Waals surface area contributed by atoms with Crippen LogP contribution < -0.4 is 10.6 Å². The Morgan fingerprint density at radius 2 is 2.37 bits per heavy atom. The number of anilines is 1. The van der Waals surface area contributed by atoms with Gasteiger partial charge in [-0.1, -0.05) is 6.42 Å². The van der Waals surface area contributed by atoms with E-state index in [-0.39, 0.29) is 11.9 Å². The molecule has 0 saturated carbocycles. The van der Waals surface area contributed by atoms with Gasteiger partial charge < -0.3 is 15.1 Å². The number of fused-ring (bicyclic) bond motifs is 1. The van der Waals surface area contributed by atoms with Gasteiger partial charge in [0.15, 0.2) is 11.5 Å². The molecule has 5 nitrogen and oxygen atoms in total. The molecule has 2 aromatic rings. The highest BCUT2D eigenvalue weighted by Crippen LogP contribution is 2.20. The van der Waals surface area contributed by atoms with Crippen molar-refractivity contribution in [2.24, 2.45) is 0 Å². The number of nitrogens with zero attached hydrogens (tertiary/aromatic N) is 1. The van der Waals surface area contributed by atoms with Crippen LogP contribution in [0, 0.1) is 6.92 Å². The first kappa shape index (κ1) is 12.2. The second kappa shape index (κ2) is 5.01. The van der Waals surface area contributed by atoms with Gasteiger partial charge in [-0.2, -0.15) is 0 Å². The zero-order chi connectivity index (χ0) is 13.2. The minimum atomic E-state index is -0.0825. The van der Waals surface area contributed by atoms with E-state index in [2.05, 4.69) is 15.6 Å². The molecule has 1 atom stereocenters. The lowest BCUT2D eigenvalue weighted by Crippen LogP contribution is -2.43. The molecule has 0 spiro atoms. The van der Waals surface area contributed by atoms with E-state index in [0.717, 1.165) is 37.0 Å². The third kappa shape index (κ3) is 2.61. The molecule has 1 fully saturated rings. The Balaban J connectivity index is 1.74. The second-order valence-electron chi connectivity index (χ2n) is 4.91. The summed E-state index contributed by atoms with van der Waals surface area (Å²) in [6.45, 7) is 2.72. The highest BCUT2D eigenvalue weighted by molar-refractivity contribution is 5.96. The normalized spacial score (nSPS) is 19.5. The van der Waals surface area contributed by atoms with Crippen molar-refractivity contribution >= 4 is 22.7 Å². The number of aromatic nitrogens is 1. The zero-order valence-electron chi connectivity index (χ0n) is 10.9. The first-order valence-corrected chi connectivity index (χ1v) is 6.64. The summed E-state index contributed by atoms with van der Waals surface area (Å²) < 4.78 is 5.46. The lowest BCUT2D eigenvalue weighted by molar-refractivity contribution is -0.118. The number of oxazole rings is 1. The third-order valence-corrected chi connectivity index (χ3v) is 3.39. The molecule has 0 radical (unpaired) electrons. The van der Waals surface area contributed by atoms with E-state index in [9.17, 15) is 4.79 Å². The lowest BCUT2D eigenvalue weighted by atomic mass is 10.0. The van der Waals surface area contributed by atoms with Crippen LogP contribution in [-0.2, 0) is 4.79 Å². The molecule has 1 aromatic heterocycles. The monoisotopic (exact) mass is 259 g/mol. The zero-order valence-corrected chi connectivity index (χ0v) is 10.9. The molecule has 1 aliphatic heterocycles. The summed E-state index contributed by atoms with van der Waals surface area (Å²) in [6.07, 6.45) is 3.15. The van der Waals surface area contributed by atoms with Crippen LogP contribution in [0.4, 0.5) is 5.69 Å². The first-order valence-electron chi connectivity index (χ1n) is 6.64. The SMILES string of the molecule is Cc1nc2ccc(NC(=O)[C@H]3CCCCN3)cc2o1. The molecule has 2 heterocycles. The van der Waals surface area contributed by atoms with E-state index in [4.69, 9.17) is 4.42 Å². The number of hydrogen-bond donors (Lipinski definition) is 2. The molecular formula is C14H17N3O2. The Bertz CT molecular complexity index is 600. The van der Waals surface area contributed by atoms with Gasteiger partial charge in [0, 0.05) is 18.7 Å². The number of rotatable bonds is 2. The molecule has 1 saturated heterocycles. The molecule has 3 rings (SSSR count). The molecule has 1 amide bonds. The van der Waals surface area contributed by atoms with Crippen LogP contribution in [-0.4, -0.2) is 23.5 Å². The van der Waals surface area contributed by atoms with E-state index in [1.165, 1.54) is 0 Å². The van der Waals surface area contributed by atoms with Gasteiger partial charge in [0.2, 0.25) is 5.91 Å². The number of aryl methyl sites for hydroxylation is 1. The largest absolute Gasteiger partial charge is 0.441 e. The molecule has 0 bridgehead atoms. The van der Waals surface area contributed by atoms with Gasteiger partial charge in [-0.05, 0) is 31.5 Å². The number of nitrogens with one attached hydrogen (secondary N) is 2. The number of carbonyl (C=O) groups excluding carboxylic acids is 1. The standard InChI is InChI=1S/C14H17N3O2/c1-9-16-11-6-5-10(8-13(11)19-9)17-14(18)12-4-2-3-7-15-12/h5-6,8,12,15H,2-4,7H2,1H3,(H,17,18)/t12-/m1/s1. The molecule has 0 aliphatic carbocycles. The van der Waals surface area contributed by atoms with Crippen LogP contribution in [0.5, 0.6) is 0 Å². The molecule has 19 heavy (non-hydrogen) atoms. The van der Waals surface area contributed by atoms with Crippen LogP contribution in [0.1, 0.15) is 25.2 Å². The van der Waals surface area contributed by atoms with Crippen LogP contribution in [0.15, 0.2) is 22.6 Å². The van der Waals surface area contributed by atoms with Gasteiger partial charge in [0.1, 0.15) is 5.52 Å². The van der Waals surface area contributed by atoms with Gasteiger partial charge in [-0.25, -0.2) is 4.98 Å². The highest BCUT2D eigenvalue weighted by Gasteiger charge is 2.20. The van der Waals surface area contributed by atoms with E-state index >= 15 is 0 Å². The third-order valence-electron chi connectivity index (χ3n) is 3.39. The summed E-state index contributed by atoms with van der Waals surface area (Å²) in [7, 11) is 0. The molecule has 2 N–H and O–H groups in total. The molecule has 5 heteroatoms. The lowest BCUT2D eigenvalue weighted by Gasteiger charge is -2.22. The maximum Gasteiger partial charge on any atom is 0.241 e. The predicted octanol–water partition coefficient (Wildman–Crippen LogP) is 2.22. The average molecular weight is 259 g/mol. The summed E-state index contributed by atoms with van der Waals surface area (Å²) in [5.41, 5.74) is 2.26. The van der Waals surface area contributed by atoms with Crippen molar-refractivity contribution in [2.45, 2.75) is 32.2 Å². The van der Waals surface area contributed by atoms with Gasteiger partial charge in [-0.3, -0.25) is 4.79 Å². The van der Waals surface area contributed by atoms with E-state index < -0.39 is 0 Å². The molecule has 1 aliphatic rings. The minimum absolute atomic E-state index is 0.0234. The van der Waals surface area contributed by atoms with Crippen LogP contribution in [0.3, 0.4) is 0 Å². The Morgan fingerprint density at radius 1 is 1.47 bits per heavy atom. The maximum absolute atomic E-state index is 12.1. The van der Waals surface area contributed by atoms with Gasteiger partial charge in [0.25, 0.3) is 0 Å². The molecule has 100 valence electrons. The van der Waals surface area contributed by atoms with Crippen LogP contribution >= 0.6 is 0 Å². The van der Waals surface area contributed by atoms with Gasteiger partial charge >= 0.3 is 0 Å². The topological polar surface area (TPSA) is 67.2 Å². The van der Waals surface area contributed by atoms with E-state index in [1.807, 2.05) is 25.1 Å². The van der Waals surface area contributed by atoms with Crippen molar-refractivity contribution in [2.75, 3.05) is 11.9 Å². The second-order valence-corrected chi connectivity index (χ2v) is 4.91. The van der Waals surface area contributed by atoms with Crippen molar-refractivity contribution in [3.05, 3.63) is 24.1 Å². The Hall–Kier alpha value is -1.88. The Morgan fingerprint density at radius 3 is 3.16 bits per heavy atom. The van der Waals surface area contributed by atoms with Crippen LogP contribution in [0.2, 0.25) is 0 Å². The van der Waals surface area contributed by atoms with Crippen molar-refractivity contribution < 1.29 is 9.21 Å². The van der Waals surface area contributed by atoms with E-state index in [1.54, 1.807) is 0 Å². The van der Waals surface area contributed by atoms with Gasteiger partial charge in [0.05, 0.1) is 6.04 Å². The Kier molecular flexibility index (Phi) is 3.21. The predicted molar refractivity (Wildman–Crippen MR) is 73.0 cm³/mol. The first-order chi connectivity index (χ1) is 9.22. The molecule has 1 aromatic carbocycles. The summed E-state index contributed by atoms with van der Waals surface area (Å²) >= 11 is 0. The van der Waals surface area contributed by atoms with Crippen molar-refractivity contribution in [3.63, 3.8) is 0 Å². The van der Waals surface area contributed by atoms with Crippen molar-refractivity contribution in [1.82, 2.24) is 10.3 Å². The average Bonchev–Trinajstić information content (AvgIpc) is 2.79. The summed E-state index contributed by atoms with van der Waals surface area (Å²) in [4.78, 5) is 16.3. The van der Waals surface area contributed by atoms with E-state index in [0.29, 0.717) is 11.5 Å². The number of hydrogen-bond acceptors (Lipinski definition) is 4. The summed E-state index contributed by atoms with van der Waals surface area (Å²) in [5.74, 6) is 0.655. The quantitative estimate of drug-likeness (QED) is 0.867. The number of carbonyl (C=O) groups is 1. The fraction of sp³-hybridized carbons (Fsp3) is 0.429. The maximum atomic E-state index is 12.1. The van der Waals surface area contributed by atoms with Crippen LogP contribution in [0.25, 0.3) is 11.1 Å².